The number of anilines is 1. The molecule has 0 saturated carbocycles. The lowest BCUT2D eigenvalue weighted by Gasteiger charge is -2.41. The van der Waals surface area contributed by atoms with Crippen LogP contribution in [0.15, 0.2) is 6.20 Å². The van der Waals surface area contributed by atoms with Crippen molar-refractivity contribution in [3.8, 4) is 0 Å². The van der Waals surface area contributed by atoms with Crippen molar-refractivity contribution in [2.45, 2.75) is 37.8 Å². The van der Waals surface area contributed by atoms with Crippen molar-refractivity contribution < 1.29 is 18.3 Å². The number of morpholine rings is 1. The molecule has 0 aromatic carbocycles. The highest BCUT2D eigenvalue weighted by Crippen LogP contribution is 2.35. The van der Waals surface area contributed by atoms with Crippen LogP contribution >= 0.6 is 11.3 Å². The second kappa shape index (κ2) is 6.89. The van der Waals surface area contributed by atoms with Gasteiger partial charge in [0.1, 0.15) is 0 Å². The highest BCUT2D eigenvalue weighted by atomic mass is 32.1. The number of likely N-dealkylation sites (tertiary alicyclic amines) is 1. The van der Waals surface area contributed by atoms with Crippen LogP contribution in [0.4, 0.5) is 13.9 Å². The van der Waals surface area contributed by atoms with Gasteiger partial charge >= 0.3 is 0 Å². The molecule has 2 N–H and O–H groups in total. The fraction of sp³-hybridized carbons (Fsp3) is 0.733. The number of hydrogen-bond acceptors (Lipinski definition) is 6. The molecule has 0 radical (unpaired) electrons. The summed E-state index contributed by atoms with van der Waals surface area (Å²) in [5, 5.41) is 0.376. The van der Waals surface area contributed by atoms with E-state index >= 15 is 0 Å². The Labute approximate surface area is 143 Å². The monoisotopic (exact) mass is 360 g/mol. The van der Waals surface area contributed by atoms with E-state index in [0.29, 0.717) is 31.4 Å². The van der Waals surface area contributed by atoms with Gasteiger partial charge in [-0.15, -0.1) is 11.3 Å². The number of alkyl halides is 2. The van der Waals surface area contributed by atoms with Gasteiger partial charge in [-0.3, -0.25) is 9.69 Å². The summed E-state index contributed by atoms with van der Waals surface area (Å²) in [6.07, 6.45) is 1.17. The van der Waals surface area contributed by atoms with Gasteiger partial charge in [-0.05, 0) is 6.92 Å². The van der Waals surface area contributed by atoms with E-state index < -0.39 is 18.5 Å². The van der Waals surface area contributed by atoms with Crippen LogP contribution in [0.3, 0.4) is 0 Å². The minimum atomic E-state index is -2.85. The van der Waals surface area contributed by atoms with E-state index in [9.17, 15) is 13.6 Å². The van der Waals surface area contributed by atoms with E-state index in [2.05, 4.69) is 9.88 Å². The van der Waals surface area contributed by atoms with Crippen LogP contribution < -0.4 is 5.73 Å². The predicted octanol–water partition coefficient (Wildman–Crippen LogP) is 1.74. The Balaban J connectivity index is 1.83. The molecule has 3 rings (SSSR count). The highest BCUT2D eigenvalue weighted by molar-refractivity contribution is 7.15. The maximum absolute atomic E-state index is 13.9. The van der Waals surface area contributed by atoms with Crippen molar-refractivity contribution in [3.05, 3.63) is 11.1 Å². The third kappa shape index (κ3) is 4.01. The number of hydrogen-bond donors (Lipinski definition) is 1. The number of carbonyl (C=O) groups is 1. The quantitative estimate of drug-likeness (QED) is 0.886. The molecule has 6 nitrogen and oxygen atoms in total. The van der Waals surface area contributed by atoms with Crippen LogP contribution in [0.1, 0.15) is 30.7 Å². The molecule has 2 saturated heterocycles. The van der Waals surface area contributed by atoms with Gasteiger partial charge in [0.15, 0.2) is 5.13 Å². The molecule has 2 atom stereocenters. The predicted molar refractivity (Wildman–Crippen MR) is 87.0 cm³/mol. The van der Waals surface area contributed by atoms with Crippen molar-refractivity contribution in [2.24, 2.45) is 0 Å². The molecule has 9 heteroatoms. The molecular formula is C15H22F2N4O2S. The van der Waals surface area contributed by atoms with Gasteiger partial charge in [0, 0.05) is 38.7 Å². The summed E-state index contributed by atoms with van der Waals surface area (Å²) in [6, 6.07) is -0.455. The Morgan fingerprint density at radius 2 is 2.38 bits per heavy atom. The third-order valence-corrected chi connectivity index (χ3v) is 5.36. The van der Waals surface area contributed by atoms with E-state index in [1.165, 1.54) is 16.2 Å². The number of amides is 1. The lowest BCUT2D eigenvalue weighted by Crippen LogP contribution is -2.51. The van der Waals surface area contributed by atoms with E-state index in [4.69, 9.17) is 10.5 Å². The van der Waals surface area contributed by atoms with E-state index in [0.717, 1.165) is 4.88 Å². The highest BCUT2D eigenvalue weighted by Gasteiger charge is 2.43. The van der Waals surface area contributed by atoms with Crippen LogP contribution in [0, 0.1) is 0 Å². The molecule has 1 aromatic heterocycles. The molecule has 24 heavy (non-hydrogen) atoms. The molecule has 0 bridgehead atoms. The zero-order valence-electron chi connectivity index (χ0n) is 13.6. The van der Waals surface area contributed by atoms with Gasteiger partial charge < -0.3 is 15.4 Å². The van der Waals surface area contributed by atoms with Crippen molar-refractivity contribution in [2.75, 3.05) is 38.5 Å². The van der Waals surface area contributed by atoms with Crippen molar-refractivity contribution in [1.82, 2.24) is 14.8 Å². The van der Waals surface area contributed by atoms with Gasteiger partial charge in [-0.2, -0.15) is 0 Å². The SMILES string of the molecule is C[C@@H]1CN(CC(c2cnc(N)s2)N2CC(F)(F)CCC2=O)CCO1. The molecule has 0 aliphatic carbocycles. The first-order valence-electron chi connectivity index (χ1n) is 8.06. The maximum atomic E-state index is 13.9. The number of carbonyl (C=O) groups excluding carboxylic acids is 1. The number of nitrogens with zero attached hydrogens (tertiary/aromatic N) is 3. The fourth-order valence-electron chi connectivity index (χ4n) is 3.23. The molecule has 0 spiro atoms. The molecule has 2 aliphatic heterocycles. The number of nitrogen functional groups attached to an aromatic ring is 1. The number of halogens is 2. The number of aromatic nitrogens is 1. The molecule has 1 amide bonds. The minimum absolute atomic E-state index is 0.0874. The Bertz CT molecular complexity index is 598. The van der Waals surface area contributed by atoms with Gasteiger partial charge in [-0.1, -0.05) is 0 Å². The number of rotatable bonds is 4. The Morgan fingerprint density at radius 1 is 1.58 bits per heavy atom. The topological polar surface area (TPSA) is 71.7 Å². The molecule has 2 fully saturated rings. The summed E-state index contributed by atoms with van der Waals surface area (Å²) in [6.45, 7) is 3.94. The summed E-state index contributed by atoms with van der Waals surface area (Å²) in [5.41, 5.74) is 5.71. The molecule has 1 aromatic rings. The molecule has 2 aliphatic rings. The molecule has 134 valence electrons. The van der Waals surface area contributed by atoms with Crippen molar-refractivity contribution in [1.29, 1.82) is 0 Å². The zero-order valence-corrected chi connectivity index (χ0v) is 14.4. The van der Waals surface area contributed by atoms with Gasteiger partial charge in [-0.25, -0.2) is 13.8 Å². The van der Waals surface area contributed by atoms with Crippen LogP contribution in [-0.2, 0) is 9.53 Å². The average molecular weight is 360 g/mol. The Hall–Kier alpha value is -1.32. The van der Waals surface area contributed by atoms with Gasteiger partial charge in [0.05, 0.1) is 30.2 Å². The van der Waals surface area contributed by atoms with Crippen LogP contribution in [0.25, 0.3) is 0 Å². The summed E-state index contributed by atoms with van der Waals surface area (Å²) in [5.74, 6) is -3.08. The molecular weight excluding hydrogens is 338 g/mol. The standard InChI is InChI=1S/C15H22F2N4O2S/c1-10-7-20(4-5-23-10)8-11(12-6-19-14(18)24-12)21-9-15(16,17)3-2-13(21)22/h6,10-11H,2-5,7-9H2,1H3,(H2,18,19)/t10-,11?/m1/s1. The van der Waals surface area contributed by atoms with E-state index in [-0.39, 0.29) is 24.9 Å². The second-order valence-electron chi connectivity index (χ2n) is 6.44. The molecule has 1 unspecified atom stereocenters. The number of piperidine rings is 1. The van der Waals surface area contributed by atoms with Crippen LogP contribution in [0.2, 0.25) is 0 Å². The first-order chi connectivity index (χ1) is 11.3. The Morgan fingerprint density at radius 3 is 3.04 bits per heavy atom. The van der Waals surface area contributed by atoms with Gasteiger partial charge in [0.25, 0.3) is 5.92 Å². The summed E-state index contributed by atoms with van der Waals surface area (Å²) in [7, 11) is 0. The van der Waals surface area contributed by atoms with E-state index in [1.807, 2.05) is 6.92 Å². The normalized spacial score (nSPS) is 26.5. The van der Waals surface area contributed by atoms with E-state index in [1.54, 1.807) is 6.20 Å². The van der Waals surface area contributed by atoms with Crippen molar-refractivity contribution >= 4 is 22.4 Å². The lowest BCUT2D eigenvalue weighted by molar-refractivity contribution is -0.152. The summed E-state index contributed by atoms with van der Waals surface area (Å²) < 4.78 is 33.3. The zero-order chi connectivity index (χ0) is 17.3. The number of nitrogens with two attached hydrogens (primary N) is 1. The first-order valence-corrected chi connectivity index (χ1v) is 8.88. The lowest BCUT2D eigenvalue weighted by atomic mass is 10.0. The summed E-state index contributed by atoms with van der Waals surface area (Å²) in [4.78, 5) is 20.5. The fourth-order valence-corrected chi connectivity index (χ4v) is 4.02. The average Bonchev–Trinajstić information content (AvgIpc) is 2.94. The van der Waals surface area contributed by atoms with Crippen LogP contribution in [0.5, 0.6) is 0 Å². The minimum Gasteiger partial charge on any atom is -0.376 e. The van der Waals surface area contributed by atoms with Crippen LogP contribution in [-0.4, -0.2) is 65.5 Å². The third-order valence-electron chi connectivity index (χ3n) is 4.43. The largest absolute Gasteiger partial charge is 0.376 e. The first kappa shape index (κ1) is 17.5. The van der Waals surface area contributed by atoms with Gasteiger partial charge in [0.2, 0.25) is 5.91 Å². The Kier molecular flexibility index (Phi) is 5.03. The number of ether oxygens (including phenoxy) is 1. The number of thiazole rings is 1. The molecule has 3 heterocycles. The smallest absolute Gasteiger partial charge is 0.265 e. The van der Waals surface area contributed by atoms with Crippen molar-refractivity contribution in [3.63, 3.8) is 0 Å². The summed E-state index contributed by atoms with van der Waals surface area (Å²) >= 11 is 1.25. The maximum Gasteiger partial charge on any atom is 0.265 e. The second-order valence-corrected chi connectivity index (χ2v) is 7.53.